The molecule has 0 spiro atoms. The SMILES string of the molecule is CCOC(=O)C1=C(C)N=c2sc(=Cc3cc(Br)c(OC)cc3OC)c(=O)n2C1c1cc(OC)c(OC)cc1Br. The van der Waals surface area contributed by atoms with E-state index in [1.807, 2.05) is 6.07 Å². The highest BCUT2D eigenvalue weighted by molar-refractivity contribution is 9.10. The molecule has 1 unspecified atom stereocenters. The second-order valence-electron chi connectivity index (χ2n) is 8.26. The first-order valence-corrected chi connectivity index (χ1v) is 14.1. The van der Waals surface area contributed by atoms with Crippen LogP contribution in [0.2, 0.25) is 0 Å². The van der Waals surface area contributed by atoms with Crippen molar-refractivity contribution in [2.45, 2.75) is 19.9 Å². The maximum absolute atomic E-state index is 14.0. The summed E-state index contributed by atoms with van der Waals surface area (Å²) < 4.78 is 30.5. The van der Waals surface area contributed by atoms with Crippen molar-refractivity contribution in [3.63, 3.8) is 0 Å². The van der Waals surface area contributed by atoms with Crippen molar-refractivity contribution in [3.8, 4) is 23.0 Å². The van der Waals surface area contributed by atoms with Gasteiger partial charge in [-0.25, -0.2) is 9.79 Å². The lowest BCUT2D eigenvalue weighted by atomic mass is 9.95. The Morgan fingerprint density at radius 2 is 1.62 bits per heavy atom. The van der Waals surface area contributed by atoms with Crippen LogP contribution >= 0.6 is 43.2 Å². The number of carbonyl (C=O) groups excluding carboxylic acids is 1. The Morgan fingerprint density at radius 1 is 0.974 bits per heavy atom. The van der Waals surface area contributed by atoms with Crippen molar-refractivity contribution in [2.75, 3.05) is 35.0 Å². The molecule has 0 saturated carbocycles. The highest BCUT2D eigenvalue weighted by atomic mass is 79.9. The van der Waals surface area contributed by atoms with Gasteiger partial charge in [-0.3, -0.25) is 9.36 Å². The van der Waals surface area contributed by atoms with Crippen LogP contribution in [0.4, 0.5) is 0 Å². The minimum atomic E-state index is -0.832. The molecular formula is C27H26Br2N2O7S. The molecule has 0 saturated heterocycles. The molecule has 0 aliphatic carbocycles. The Balaban J connectivity index is 2.02. The average Bonchev–Trinajstić information content (AvgIpc) is 3.22. The van der Waals surface area contributed by atoms with Gasteiger partial charge in [0, 0.05) is 16.1 Å². The summed E-state index contributed by atoms with van der Waals surface area (Å²) in [5.41, 5.74) is 1.67. The largest absolute Gasteiger partial charge is 0.496 e. The molecule has 2 heterocycles. The summed E-state index contributed by atoms with van der Waals surface area (Å²) in [6.45, 7) is 3.63. The van der Waals surface area contributed by atoms with Gasteiger partial charge in [0.05, 0.1) is 61.4 Å². The second-order valence-corrected chi connectivity index (χ2v) is 11.0. The summed E-state index contributed by atoms with van der Waals surface area (Å²) >= 11 is 8.31. The molecule has 0 N–H and O–H groups in total. The van der Waals surface area contributed by atoms with Gasteiger partial charge in [-0.1, -0.05) is 27.3 Å². The number of hydrogen-bond acceptors (Lipinski definition) is 9. The van der Waals surface area contributed by atoms with Gasteiger partial charge in [-0.05, 0) is 59.6 Å². The van der Waals surface area contributed by atoms with E-state index in [4.69, 9.17) is 23.7 Å². The molecule has 0 radical (unpaired) electrons. The Labute approximate surface area is 245 Å². The highest BCUT2D eigenvalue weighted by Crippen LogP contribution is 2.41. The van der Waals surface area contributed by atoms with Gasteiger partial charge in [0.15, 0.2) is 16.3 Å². The number of halogens is 2. The molecule has 3 aromatic rings. The van der Waals surface area contributed by atoms with Gasteiger partial charge in [-0.15, -0.1) is 0 Å². The molecule has 0 fully saturated rings. The fourth-order valence-electron chi connectivity index (χ4n) is 4.30. The van der Waals surface area contributed by atoms with Crippen molar-refractivity contribution in [1.82, 2.24) is 4.57 Å². The standard InChI is InChI=1S/C27H26Br2N2O7S/c1-7-38-26(33)23-13(2)30-27-31(24(23)15-10-20(36-5)21(37-6)11-16(15)28)25(32)22(39-27)9-14-8-17(29)19(35-4)12-18(14)34-3/h8-12,24H,7H2,1-6H3. The van der Waals surface area contributed by atoms with Crippen LogP contribution in [-0.4, -0.2) is 45.6 Å². The maximum atomic E-state index is 14.0. The smallest absolute Gasteiger partial charge is 0.338 e. The van der Waals surface area contributed by atoms with Crippen LogP contribution in [0, 0.1) is 0 Å². The van der Waals surface area contributed by atoms with Crippen molar-refractivity contribution < 1.29 is 28.5 Å². The van der Waals surface area contributed by atoms with Crippen molar-refractivity contribution in [1.29, 1.82) is 0 Å². The Morgan fingerprint density at radius 3 is 2.23 bits per heavy atom. The van der Waals surface area contributed by atoms with Gasteiger partial charge in [0.25, 0.3) is 5.56 Å². The van der Waals surface area contributed by atoms with E-state index < -0.39 is 12.0 Å². The minimum Gasteiger partial charge on any atom is -0.496 e. The number of fused-ring (bicyclic) bond motifs is 1. The first-order valence-electron chi connectivity index (χ1n) is 11.7. The molecule has 12 heteroatoms. The molecule has 1 atom stereocenters. The van der Waals surface area contributed by atoms with Crippen LogP contribution in [0.5, 0.6) is 23.0 Å². The molecule has 39 heavy (non-hydrogen) atoms. The fourth-order valence-corrected chi connectivity index (χ4v) is 6.40. The topological polar surface area (TPSA) is 97.6 Å². The van der Waals surface area contributed by atoms with Crippen molar-refractivity contribution in [2.24, 2.45) is 4.99 Å². The second kappa shape index (κ2) is 12.0. The first-order chi connectivity index (χ1) is 18.7. The zero-order chi connectivity index (χ0) is 28.4. The molecular weight excluding hydrogens is 656 g/mol. The molecule has 206 valence electrons. The maximum Gasteiger partial charge on any atom is 0.338 e. The van der Waals surface area contributed by atoms with E-state index >= 15 is 0 Å². The van der Waals surface area contributed by atoms with E-state index in [2.05, 4.69) is 36.9 Å². The number of nitrogens with zero attached hydrogens (tertiary/aromatic N) is 2. The summed E-state index contributed by atoms with van der Waals surface area (Å²) in [5.74, 6) is 1.52. The summed E-state index contributed by atoms with van der Waals surface area (Å²) in [6.07, 6.45) is 1.73. The predicted octanol–water partition coefficient (Wildman–Crippen LogP) is 4.36. The summed E-state index contributed by atoms with van der Waals surface area (Å²) in [5, 5.41) is 0. The van der Waals surface area contributed by atoms with E-state index in [9.17, 15) is 9.59 Å². The van der Waals surface area contributed by atoms with Gasteiger partial charge in [-0.2, -0.15) is 0 Å². The minimum absolute atomic E-state index is 0.173. The van der Waals surface area contributed by atoms with E-state index in [0.717, 1.165) is 0 Å². The third kappa shape index (κ3) is 5.37. The molecule has 0 bridgehead atoms. The number of methoxy groups -OCH3 is 4. The number of hydrogen-bond donors (Lipinski definition) is 0. The van der Waals surface area contributed by atoms with Crippen LogP contribution in [0.15, 0.2) is 54.3 Å². The number of thiazole rings is 1. The molecule has 1 aliphatic heterocycles. The number of esters is 1. The van der Waals surface area contributed by atoms with E-state index in [1.54, 1.807) is 52.3 Å². The number of benzene rings is 2. The Bertz CT molecular complexity index is 1660. The molecule has 1 aliphatic rings. The van der Waals surface area contributed by atoms with Crippen LogP contribution in [-0.2, 0) is 9.53 Å². The lowest BCUT2D eigenvalue weighted by molar-refractivity contribution is -0.139. The first kappa shape index (κ1) is 28.9. The van der Waals surface area contributed by atoms with Gasteiger partial charge in [0.1, 0.15) is 11.5 Å². The lowest BCUT2D eigenvalue weighted by Gasteiger charge is -2.26. The Kier molecular flexibility index (Phi) is 8.87. The zero-order valence-corrected chi connectivity index (χ0v) is 26.1. The normalized spacial score (nSPS) is 15.0. The molecule has 0 amide bonds. The molecule has 9 nitrogen and oxygen atoms in total. The highest BCUT2D eigenvalue weighted by Gasteiger charge is 2.35. The summed E-state index contributed by atoms with van der Waals surface area (Å²) in [6, 6.07) is 6.20. The third-order valence-electron chi connectivity index (χ3n) is 6.11. The van der Waals surface area contributed by atoms with Crippen LogP contribution < -0.4 is 33.8 Å². The third-order valence-corrected chi connectivity index (χ3v) is 8.39. The van der Waals surface area contributed by atoms with Crippen LogP contribution in [0.25, 0.3) is 6.08 Å². The average molecular weight is 682 g/mol. The quantitative estimate of drug-likeness (QED) is 0.326. The van der Waals surface area contributed by atoms with E-state index in [-0.39, 0.29) is 17.7 Å². The monoisotopic (exact) mass is 680 g/mol. The van der Waals surface area contributed by atoms with Crippen molar-refractivity contribution in [3.05, 3.63) is 75.3 Å². The van der Waals surface area contributed by atoms with Crippen molar-refractivity contribution >= 4 is 55.2 Å². The Hall–Kier alpha value is -3.09. The van der Waals surface area contributed by atoms with Crippen LogP contribution in [0.3, 0.4) is 0 Å². The number of ether oxygens (including phenoxy) is 5. The zero-order valence-electron chi connectivity index (χ0n) is 22.1. The van der Waals surface area contributed by atoms with Crippen LogP contribution in [0.1, 0.15) is 31.0 Å². The number of aromatic nitrogens is 1. The van der Waals surface area contributed by atoms with E-state index in [1.165, 1.54) is 30.1 Å². The molecule has 1 aromatic heterocycles. The number of rotatable bonds is 8. The van der Waals surface area contributed by atoms with Gasteiger partial charge < -0.3 is 23.7 Å². The molecule has 4 rings (SSSR count). The summed E-state index contributed by atoms with van der Waals surface area (Å²) in [4.78, 5) is 32.3. The van der Waals surface area contributed by atoms with E-state index in [0.29, 0.717) is 58.1 Å². The predicted molar refractivity (Wildman–Crippen MR) is 155 cm³/mol. The number of carbonyl (C=O) groups is 1. The lowest BCUT2D eigenvalue weighted by Crippen LogP contribution is -2.40. The molecule has 2 aromatic carbocycles. The number of allylic oxidation sites excluding steroid dienone is 1. The fraction of sp³-hybridized carbons (Fsp3) is 0.296. The summed E-state index contributed by atoms with van der Waals surface area (Å²) in [7, 11) is 6.17. The van der Waals surface area contributed by atoms with Gasteiger partial charge >= 0.3 is 5.97 Å². The van der Waals surface area contributed by atoms with Gasteiger partial charge in [0.2, 0.25) is 0 Å².